The minimum Gasteiger partial charge on any atom is -0.453 e. The Kier molecular flexibility index (Phi) is 8.43. The highest BCUT2D eigenvalue weighted by molar-refractivity contribution is 6.07. The molecule has 2 aromatic carbocycles. The summed E-state index contributed by atoms with van der Waals surface area (Å²) < 4.78 is 4.88. The maximum Gasteiger partial charge on any atom is 0.409 e. The summed E-state index contributed by atoms with van der Waals surface area (Å²) in [4.78, 5) is 41.9. The number of benzene rings is 2. The number of anilines is 2. The summed E-state index contributed by atoms with van der Waals surface area (Å²) in [6.07, 6.45) is 3.96. The van der Waals surface area contributed by atoms with Gasteiger partial charge in [0.2, 0.25) is 0 Å². The molecule has 1 saturated heterocycles. The molecule has 9 nitrogen and oxygen atoms in total. The van der Waals surface area contributed by atoms with Crippen molar-refractivity contribution in [3.8, 4) is 0 Å². The van der Waals surface area contributed by atoms with Crippen LogP contribution in [0, 0.1) is 0 Å². The number of methoxy groups -OCH3 is 1. The van der Waals surface area contributed by atoms with Gasteiger partial charge in [-0.3, -0.25) is 9.59 Å². The van der Waals surface area contributed by atoms with Crippen molar-refractivity contribution in [3.63, 3.8) is 0 Å². The lowest BCUT2D eigenvalue weighted by Crippen LogP contribution is -2.40. The fourth-order valence-corrected chi connectivity index (χ4v) is 4.84. The van der Waals surface area contributed by atoms with Crippen molar-refractivity contribution in [1.82, 2.24) is 10.2 Å². The molecule has 2 fully saturated rings. The topological polar surface area (TPSA) is 117 Å². The Balaban J connectivity index is 1.56. The fraction of sp³-hybridized carbons (Fsp3) is 0.444. The highest BCUT2D eigenvalue weighted by atomic mass is 16.5. The summed E-state index contributed by atoms with van der Waals surface area (Å²) in [7, 11) is 1.38. The fourth-order valence-electron chi connectivity index (χ4n) is 4.84. The normalized spacial score (nSPS) is 20.3. The average Bonchev–Trinajstić information content (AvgIpc) is 3.16. The van der Waals surface area contributed by atoms with Crippen molar-refractivity contribution >= 4 is 29.3 Å². The number of hydrogen-bond acceptors (Lipinski definition) is 6. The van der Waals surface area contributed by atoms with Gasteiger partial charge in [0.15, 0.2) is 0 Å². The second-order valence-corrected chi connectivity index (χ2v) is 9.43. The Hall–Kier alpha value is -3.59. The van der Waals surface area contributed by atoms with E-state index in [1.807, 2.05) is 24.3 Å². The van der Waals surface area contributed by atoms with Crippen LogP contribution in [0.25, 0.3) is 0 Å². The summed E-state index contributed by atoms with van der Waals surface area (Å²) in [5, 5.41) is 6.13. The molecule has 1 saturated carbocycles. The standard InChI is InChI=1S/C27H35N5O4/c1-36-27(35)32-15-5-14-31(16-17-32)24-13-8-20(26(34)29-22-11-9-21(28)10-12-22)18-23(24)30-25(33)19-6-3-2-4-7-19/h2-4,6-8,13,18,21-22H,5,9-12,14-17,28H2,1H3,(H,29,34)(H,30,33). The lowest BCUT2D eigenvalue weighted by atomic mass is 9.91. The Morgan fingerprint density at radius 2 is 1.64 bits per heavy atom. The van der Waals surface area contributed by atoms with Gasteiger partial charge < -0.3 is 30.9 Å². The molecule has 0 spiro atoms. The van der Waals surface area contributed by atoms with Gasteiger partial charge in [0.25, 0.3) is 11.8 Å². The van der Waals surface area contributed by atoms with Gasteiger partial charge in [-0.05, 0) is 62.4 Å². The number of nitrogens with two attached hydrogens (primary N) is 1. The van der Waals surface area contributed by atoms with E-state index < -0.39 is 0 Å². The highest BCUT2D eigenvalue weighted by Crippen LogP contribution is 2.29. The molecule has 1 heterocycles. The second kappa shape index (κ2) is 11.9. The summed E-state index contributed by atoms with van der Waals surface area (Å²) >= 11 is 0. The lowest BCUT2D eigenvalue weighted by Gasteiger charge is -2.28. The highest BCUT2D eigenvalue weighted by Gasteiger charge is 2.24. The molecule has 1 aliphatic heterocycles. The SMILES string of the molecule is COC(=O)N1CCCN(c2ccc(C(=O)NC3CCC(N)CC3)cc2NC(=O)c2ccccc2)CC1. The number of carbonyl (C=O) groups is 3. The summed E-state index contributed by atoms with van der Waals surface area (Å²) in [6.45, 7) is 2.39. The second-order valence-electron chi connectivity index (χ2n) is 9.43. The van der Waals surface area contributed by atoms with Crippen molar-refractivity contribution in [1.29, 1.82) is 0 Å². The minimum atomic E-state index is -0.342. The van der Waals surface area contributed by atoms with Crippen molar-refractivity contribution < 1.29 is 19.1 Å². The van der Waals surface area contributed by atoms with Gasteiger partial charge in [-0.1, -0.05) is 18.2 Å². The van der Waals surface area contributed by atoms with Crippen molar-refractivity contribution in [2.45, 2.75) is 44.2 Å². The van der Waals surface area contributed by atoms with Gasteiger partial charge in [-0.15, -0.1) is 0 Å². The van der Waals surface area contributed by atoms with E-state index in [4.69, 9.17) is 10.5 Å². The van der Waals surface area contributed by atoms with E-state index >= 15 is 0 Å². The molecule has 0 aromatic heterocycles. The Bertz CT molecular complexity index is 1070. The van der Waals surface area contributed by atoms with Crippen LogP contribution in [0.1, 0.15) is 52.8 Å². The van der Waals surface area contributed by atoms with Crippen LogP contribution in [0.2, 0.25) is 0 Å². The minimum absolute atomic E-state index is 0.106. The zero-order valence-corrected chi connectivity index (χ0v) is 20.7. The number of rotatable bonds is 5. The molecular formula is C27H35N5O4. The Labute approximate surface area is 212 Å². The van der Waals surface area contributed by atoms with Gasteiger partial charge in [0.1, 0.15) is 0 Å². The monoisotopic (exact) mass is 493 g/mol. The van der Waals surface area contributed by atoms with Crippen molar-refractivity contribution in [2.75, 3.05) is 43.5 Å². The molecule has 3 amide bonds. The van der Waals surface area contributed by atoms with Crippen LogP contribution < -0.4 is 21.3 Å². The third kappa shape index (κ3) is 6.34. The maximum absolute atomic E-state index is 13.1. The first-order valence-corrected chi connectivity index (χ1v) is 12.6. The third-order valence-corrected chi connectivity index (χ3v) is 6.92. The molecule has 1 aliphatic carbocycles. The van der Waals surface area contributed by atoms with Crippen LogP contribution in [0.3, 0.4) is 0 Å². The molecule has 9 heteroatoms. The van der Waals surface area contributed by atoms with Crippen molar-refractivity contribution in [2.24, 2.45) is 5.73 Å². The largest absolute Gasteiger partial charge is 0.453 e. The average molecular weight is 494 g/mol. The molecule has 2 aromatic rings. The zero-order valence-electron chi connectivity index (χ0n) is 20.7. The molecule has 0 atom stereocenters. The van der Waals surface area contributed by atoms with Gasteiger partial charge in [-0.25, -0.2) is 4.79 Å². The Morgan fingerprint density at radius 1 is 0.889 bits per heavy atom. The molecular weight excluding hydrogens is 458 g/mol. The Morgan fingerprint density at radius 3 is 2.36 bits per heavy atom. The molecule has 192 valence electrons. The maximum atomic E-state index is 13.1. The summed E-state index contributed by atoms with van der Waals surface area (Å²) in [5.74, 6) is -0.411. The van der Waals surface area contributed by atoms with Gasteiger partial charge in [0.05, 0.1) is 18.5 Å². The quantitative estimate of drug-likeness (QED) is 0.589. The molecule has 4 rings (SSSR count). The number of nitrogens with one attached hydrogen (secondary N) is 2. The number of amides is 3. The summed E-state index contributed by atoms with van der Waals surface area (Å²) in [5.41, 5.74) is 8.39. The third-order valence-electron chi connectivity index (χ3n) is 6.92. The van der Waals surface area contributed by atoms with Crippen LogP contribution in [0.4, 0.5) is 16.2 Å². The summed E-state index contributed by atoms with van der Waals surface area (Å²) in [6, 6.07) is 14.7. The molecule has 2 aliphatic rings. The van der Waals surface area contributed by atoms with Crippen LogP contribution in [0.5, 0.6) is 0 Å². The van der Waals surface area contributed by atoms with Crippen LogP contribution >= 0.6 is 0 Å². The predicted molar refractivity (Wildman–Crippen MR) is 139 cm³/mol. The zero-order chi connectivity index (χ0) is 25.5. The van der Waals surface area contributed by atoms with E-state index in [1.165, 1.54) is 7.11 Å². The molecule has 4 N–H and O–H groups in total. The number of hydrogen-bond donors (Lipinski definition) is 3. The van der Waals surface area contributed by atoms with E-state index in [9.17, 15) is 14.4 Å². The van der Waals surface area contributed by atoms with Crippen molar-refractivity contribution in [3.05, 3.63) is 59.7 Å². The number of nitrogens with zero attached hydrogens (tertiary/aromatic N) is 2. The van der Waals surface area contributed by atoms with E-state index in [-0.39, 0.29) is 30.0 Å². The first kappa shape index (κ1) is 25.5. The van der Waals surface area contributed by atoms with E-state index in [0.29, 0.717) is 43.0 Å². The molecule has 0 unspecified atom stereocenters. The van der Waals surface area contributed by atoms with Crippen LogP contribution in [0.15, 0.2) is 48.5 Å². The van der Waals surface area contributed by atoms with Gasteiger partial charge in [-0.2, -0.15) is 0 Å². The first-order valence-electron chi connectivity index (χ1n) is 12.6. The van der Waals surface area contributed by atoms with E-state index in [0.717, 1.165) is 37.8 Å². The van der Waals surface area contributed by atoms with Crippen LogP contribution in [-0.4, -0.2) is 68.2 Å². The van der Waals surface area contributed by atoms with E-state index in [1.54, 1.807) is 29.2 Å². The molecule has 36 heavy (non-hydrogen) atoms. The number of carbonyl (C=O) groups excluding carboxylic acids is 3. The van der Waals surface area contributed by atoms with E-state index in [2.05, 4.69) is 15.5 Å². The first-order chi connectivity index (χ1) is 17.4. The molecule has 0 radical (unpaired) electrons. The van der Waals surface area contributed by atoms with Gasteiger partial charge >= 0.3 is 6.09 Å². The number of ether oxygens (including phenoxy) is 1. The molecule has 0 bridgehead atoms. The predicted octanol–water partition coefficient (Wildman–Crippen LogP) is 3.22. The lowest BCUT2D eigenvalue weighted by molar-refractivity contribution is 0.0924. The van der Waals surface area contributed by atoms with Gasteiger partial charge in [0, 0.05) is 49.4 Å². The smallest absolute Gasteiger partial charge is 0.409 e. The van der Waals surface area contributed by atoms with Crippen LogP contribution in [-0.2, 0) is 4.74 Å².